The maximum Gasteiger partial charge on any atom is 0.117 e. The third-order valence-corrected chi connectivity index (χ3v) is 4.97. The first-order chi connectivity index (χ1) is 10.9. The fraction of sp³-hybridized carbons (Fsp3) is 0.333. The van der Waals surface area contributed by atoms with Crippen LogP contribution >= 0.6 is 11.8 Å². The first-order valence-electron chi connectivity index (χ1n) is 7.70. The third kappa shape index (κ3) is 3.41. The van der Waals surface area contributed by atoms with Crippen LogP contribution in [0.3, 0.4) is 0 Å². The molecule has 2 aromatic carbocycles. The van der Waals surface area contributed by atoms with E-state index in [1.165, 1.54) is 0 Å². The molecule has 0 spiro atoms. The van der Waals surface area contributed by atoms with Crippen molar-refractivity contribution in [2.75, 3.05) is 32.1 Å². The normalized spacial score (nSPS) is 14.5. The molecule has 1 aliphatic heterocycles. The second kappa shape index (κ2) is 6.34. The number of nitrogens with zero attached hydrogens (tertiary/aromatic N) is 2. The Morgan fingerprint density at radius 3 is 2.43 bits per heavy atom. The maximum atomic E-state index is 9.89. The molecule has 2 aromatic rings. The number of hydrogen-bond donors (Lipinski definition) is 2. The summed E-state index contributed by atoms with van der Waals surface area (Å²) in [5.41, 5.74) is 2.11. The average Bonchev–Trinajstić information content (AvgIpc) is 2.46. The van der Waals surface area contributed by atoms with Crippen molar-refractivity contribution in [3.05, 3.63) is 36.4 Å². The SMILES string of the molecule is C[C@H](CN(C)C)CN1c2ccc(O)cc2Sc2ccc(O)cc21. The van der Waals surface area contributed by atoms with Gasteiger partial charge in [-0.25, -0.2) is 0 Å². The minimum Gasteiger partial charge on any atom is -0.508 e. The highest BCUT2D eigenvalue weighted by atomic mass is 32.2. The van der Waals surface area contributed by atoms with Crippen molar-refractivity contribution in [1.29, 1.82) is 0 Å². The van der Waals surface area contributed by atoms with Gasteiger partial charge in [0.2, 0.25) is 0 Å². The molecule has 4 nitrogen and oxygen atoms in total. The summed E-state index contributed by atoms with van der Waals surface area (Å²) in [4.78, 5) is 6.57. The highest BCUT2D eigenvalue weighted by molar-refractivity contribution is 7.99. The van der Waals surface area contributed by atoms with Crippen LogP contribution in [-0.4, -0.2) is 42.3 Å². The third-order valence-electron chi connectivity index (χ3n) is 3.86. The zero-order valence-corrected chi connectivity index (χ0v) is 14.5. The Labute approximate surface area is 141 Å². The van der Waals surface area contributed by atoms with Crippen LogP contribution in [0.25, 0.3) is 0 Å². The molecule has 122 valence electrons. The summed E-state index contributed by atoms with van der Waals surface area (Å²) in [7, 11) is 4.16. The summed E-state index contributed by atoms with van der Waals surface area (Å²) >= 11 is 1.63. The molecule has 0 radical (unpaired) electrons. The van der Waals surface area contributed by atoms with Gasteiger partial charge in [-0.3, -0.25) is 0 Å². The summed E-state index contributed by atoms with van der Waals surface area (Å²) in [5.74, 6) is 1.02. The molecule has 0 saturated carbocycles. The van der Waals surface area contributed by atoms with Gasteiger partial charge in [-0.15, -0.1) is 0 Å². The molecule has 0 amide bonds. The Morgan fingerprint density at radius 1 is 1.00 bits per heavy atom. The number of aromatic hydroxyl groups is 2. The van der Waals surface area contributed by atoms with E-state index in [9.17, 15) is 10.2 Å². The highest BCUT2D eigenvalue weighted by Gasteiger charge is 2.25. The molecule has 1 heterocycles. The van der Waals surface area contributed by atoms with Gasteiger partial charge in [0.15, 0.2) is 0 Å². The van der Waals surface area contributed by atoms with Gasteiger partial charge < -0.3 is 20.0 Å². The minimum absolute atomic E-state index is 0.275. The molecule has 5 heteroatoms. The van der Waals surface area contributed by atoms with Gasteiger partial charge >= 0.3 is 0 Å². The molecular formula is C18H22N2O2S. The number of benzene rings is 2. The second-order valence-electron chi connectivity index (χ2n) is 6.38. The van der Waals surface area contributed by atoms with Crippen LogP contribution in [-0.2, 0) is 0 Å². The number of anilines is 2. The van der Waals surface area contributed by atoms with Crippen LogP contribution in [0, 0.1) is 5.92 Å². The van der Waals surface area contributed by atoms with E-state index in [2.05, 4.69) is 30.8 Å². The summed E-state index contributed by atoms with van der Waals surface area (Å²) in [6, 6.07) is 10.9. The molecule has 3 rings (SSSR count). The van der Waals surface area contributed by atoms with E-state index in [1.54, 1.807) is 30.0 Å². The predicted molar refractivity (Wildman–Crippen MR) is 95.1 cm³/mol. The van der Waals surface area contributed by atoms with Gasteiger partial charge in [0, 0.05) is 28.9 Å². The van der Waals surface area contributed by atoms with Gasteiger partial charge in [0.05, 0.1) is 11.4 Å². The largest absolute Gasteiger partial charge is 0.508 e. The van der Waals surface area contributed by atoms with Crippen molar-refractivity contribution in [3.63, 3.8) is 0 Å². The number of hydrogen-bond acceptors (Lipinski definition) is 5. The van der Waals surface area contributed by atoms with E-state index in [1.807, 2.05) is 18.2 Å². The summed E-state index contributed by atoms with van der Waals surface area (Å²) in [6.07, 6.45) is 0. The Kier molecular flexibility index (Phi) is 4.41. The lowest BCUT2D eigenvalue weighted by Crippen LogP contribution is -2.31. The van der Waals surface area contributed by atoms with Crippen LogP contribution in [0.4, 0.5) is 11.4 Å². The summed E-state index contributed by atoms with van der Waals surface area (Å²) in [5, 5.41) is 19.7. The van der Waals surface area contributed by atoms with Crippen molar-refractivity contribution in [2.24, 2.45) is 5.92 Å². The molecule has 1 atom stereocenters. The molecule has 0 bridgehead atoms. The fourth-order valence-corrected chi connectivity index (χ4v) is 4.16. The lowest BCUT2D eigenvalue weighted by atomic mass is 10.1. The Hall–Kier alpha value is -1.85. The van der Waals surface area contributed by atoms with E-state index < -0.39 is 0 Å². The first kappa shape index (κ1) is 16.0. The molecule has 2 N–H and O–H groups in total. The van der Waals surface area contributed by atoms with Crippen LogP contribution in [0.2, 0.25) is 0 Å². The van der Waals surface area contributed by atoms with Gasteiger partial charge in [0.1, 0.15) is 11.5 Å². The van der Waals surface area contributed by atoms with Crippen LogP contribution in [0.15, 0.2) is 46.2 Å². The standard InChI is InChI=1S/C18H22N2O2S/c1-12(10-19(2)3)11-20-15-6-4-14(22)9-18(15)23-17-7-5-13(21)8-16(17)20/h4-9,12,21-22H,10-11H2,1-3H3/t12-/m1/s1. The van der Waals surface area contributed by atoms with E-state index in [-0.39, 0.29) is 11.5 Å². The van der Waals surface area contributed by atoms with E-state index in [4.69, 9.17) is 0 Å². The fourth-order valence-electron chi connectivity index (χ4n) is 3.05. The van der Waals surface area contributed by atoms with Crippen molar-refractivity contribution in [1.82, 2.24) is 4.90 Å². The molecule has 0 aliphatic carbocycles. The molecule has 1 aliphatic rings. The first-order valence-corrected chi connectivity index (χ1v) is 8.52. The maximum absolute atomic E-state index is 9.89. The molecule has 0 saturated heterocycles. The van der Waals surface area contributed by atoms with Crippen LogP contribution < -0.4 is 4.90 Å². The molecular weight excluding hydrogens is 308 g/mol. The highest BCUT2D eigenvalue weighted by Crippen LogP contribution is 2.50. The Balaban J connectivity index is 2.01. The zero-order valence-electron chi connectivity index (χ0n) is 13.7. The van der Waals surface area contributed by atoms with Crippen LogP contribution in [0.1, 0.15) is 6.92 Å². The van der Waals surface area contributed by atoms with Gasteiger partial charge in [-0.2, -0.15) is 0 Å². The quantitative estimate of drug-likeness (QED) is 0.890. The zero-order chi connectivity index (χ0) is 16.6. The van der Waals surface area contributed by atoms with E-state index in [0.29, 0.717) is 5.92 Å². The topological polar surface area (TPSA) is 46.9 Å². The molecule has 0 unspecified atom stereocenters. The van der Waals surface area contributed by atoms with Crippen molar-refractivity contribution >= 4 is 23.1 Å². The molecule has 0 aromatic heterocycles. The van der Waals surface area contributed by atoms with E-state index >= 15 is 0 Å². The van der Waals surface area contributed by atoms with Crippen molar-refractivity contribution in [2.45, 2.75) is 16.7 Å². The smallest absolute Gasteiger partial charge is 0.117 e. The number of phenolic OH excluding ortho intramolecular Hbond substituents is 2. The van der Waals surface area contributed by atoms with E-state index in [0.717, 1.165) is 34.3 Å². The Bertz CT molecular complexity index is 718. The minimum atomic E-state index is 0.275. The van der Waals surface area contributed by atoms with Crippen molar-refractivity contribution in [3.8, 4) is 11.5 Å². The van der Waals surface area contributed by atoms with Gasteiger partial charge in [0.25, 0.3) is 0 Å². The Morgan fingerprint density at radius 2 is 1.70 bits per heavy atom. The average molecular weight is 330 g/mol. The van der Waals surface area contributed by atoms with Gasteiger partial charge in [-0.1, -0.05) is 18.7 Å². The number of rotatable bonds is 4. The predicted octanol–water partition coefficient (Wildman–Crippen LogP) is 3.90. The number of fused-ring (bicyclic) bond motifs is 2. The van der Waals surface area contributed by atoms with Crippen LogP contribution in [0.5, 0.6) is 11.5 Å². The summed E-state index contributed by atoms with van der Waals surface area (Å²) < 4.78 is 0. The molecule has 0 fully saturated rings. The van der Waals surface area contributed by atoms with Crippen molar-refractivity contribution < 1.29 is 10.2 Å². The monoisotopic (exact) mass is 330 g/mol. The lowest BCUT2D eigenvalue weighted by Gasteiger charge is -2.35. The molecule has 23 heavy (non-hydrogen) atoms. The lowest BCUT2D eigenvalue weighted by molar-refractivity contribution is 0.342. The number of phenols is 2. The summed E-state index contributed by atoms with van der Waals surface area (Å²) in [6.45, 7) is 4.07. The van der Waals surface area contributed by atoms with Gasteiger partial charge in [-0.05, 0) is 50.3 Å². The second-order valence-corrected chi connectivity index (χ2v) is 7.47.